The van der Waals surface area contributed by atoms with E-state index < -0.39 is 10.0 Å². The monoisotopic (exact) mass is 490 g/mol. The van der Waals surface area contributed by atoms with Crippen LogP contribution in [0.2, 0.25) is 0 Å². The Morgan fingerprint density at radius 2 is 1.85 bits per heavy atom. The van der Waals surface area contributed by atoms with Gasteiger partial charge in [-0.1, -0.05) is 6.07 Å². The van der Waals surface area contributed by atoms with Gasteiger partial charge in [0.1, 0.15) is 0 Å². The highest BCUT2D eigenvalue weighted by atomic mass is 32.2. The maximum atomic E-state index is 12.6. The molecule has 0 spiro atoms. The SMILES string of the molecule is COc1ccc(S(=O)(=O)NCCC(=O)N2CCC(C(=O)NCc3cccnc3)CC2)cc1OC. The van der Waals surface area contributed by atoms with Gasteiger partial charge in [-0.2, -0.15) is 0 Å². The fourth-order valence-electron chi connectivity index (χ4n) is 3.74. The lowest BCUT2D eigenvalue weighted by molar-refractivity contribution is -0.135. The fraction of sp³-hybridized carbons (Fsp3) is 0.435. The molecule has 2 heterocycles. The van der Waals surface area contributed by atoms with Crippen LogP contribution in [0.5, 0.6) is 11.5 Å². The summed E-state index contributed by atoms with van der Waals surface area (Å²) in [5.41, 5.74) is 0.930. The number of methoxy groups -OCH3 is 2. The van der Waals surface area contributed by atoms with Crippen molar-refractivity contribution in [3.63, 3.8) is 0 Å². The van der Waals surface area contributed by atoms with E-state index in [9.17, 15) is 18.0 Å². The molecule has 0 atom stereocenters. The summed E-state index contributed by atoms with van der Waals surface area (Å²) in [7, 11) is -0.917. The van der Waals surface area contributed by atoms with Gasteiger partial charge in [0.25, 0.3) is 0 Å². The zero-order valence-corrected chi connectivity index (χ0v) is 20.1. The predicted octanol–water partition coefficient (Wildman–Crippen LogP) is 1.32. The average Bonchev–Trinajstić information content (AvgIpc) is 2.87. The molecule has 0 saturated carbocycles. The summed E-state index contributed by atoms with van der Waals surface area (Å²) in [6.45, 7) is 1.32. The molecule has 2 aromatic rings. The number of nitrogens with one attached hydrogen (secondary N) is 2. The molecule has 2 amide bonds. The average molecular weight is 491 g/mol. The standard InChI is InChI=1S/C23H30N4O6S/c1-32-20-6-5-19(14-21(20)33-2)34(30,31)26-11-7-22(28)27-12-8-18(9-13-27)23(29)25-16-17-4-3-10-24-15-17/h3-6,10,14-15,18,26H,7-9,11-13,16H2,1-2H3,(H,25,29). The molecular formula is C23H30N4O6S. The maximum absolute atomic E-state index is 12.6. The van der Waals surface area contributed by atoms with Crippen molar-refractivity contribution < 1.29 is 27.5 Å². The lowest BCUT2D eigenvalue weighted by Gasteiger charge is -2.31. The second kappa shape index (κ2) is 11.8. The summed E-state index contributed by atoms with van der Waals surface area (Å²) in [5.74, 6) is 0.395. The van der Waals surface area contributed by atoms with E-state index >= 15 is 0 Å². The van der Waals surface area contributed by atoms with E-state index in [2.05, 4.69) is 15.0 Å². The summed E-state index contributed by atoms with van der Waals surface area (Å²) in [4.78, 5) is 30.7. The van der Waals surface area contributed by atoms with Crippen molar-refractivity contribution in [2.75, 3.05) is 33.9 Å². The number of carbonyl (C=O) groups is 2. The van der Waals surface area contributed by atoms with E-state index in [4.69, 9.17) is 9.47 Å². The summed E-state index contributed by atoms with van der Waals surface area (Å²) in [6, 6.07) is 8.01. The quantitative estimate of drug-likeness (QED) is 0.514. The topological polar surface area (TPSA) is 127 Å². The molecule has 2 N–H and O–H groups in total. The molecule has 0 radical (unpaired) electrons. The zero-order chi connectivity index (χ0) is 24.6. The van der Waals surface area contributed by atoms with Crippen molar-refractivity contribution in [1.82, 2.24) is 19.9 Å². The molecule has 0 aliphatic carbocycles. The zero-order valence-electron chi connectivity index (χ0n) is 19.3. The summed E-state index contributed by atoms with van der Waals surface area (Å²) >= 11 is 0. The van der Waals surface area contributed by atoms with Crippen molar-refractivity contribution in [1.29, 1.82) is 0 Å². The number of pyridine rings is 1. The number of benzene rings is 1. The normalized spacial score (nSPS) is 14.5. The third-order valence-electron chi connectivity index (χ3n) is 5.70. The van der Waals surface area contributed by atoms with Crippen molar-refractivity contribution in [3.05, 3.63) is 48.3 Å². The Kier molecular flexibility index (Phi) is 8.83. The number of piperidine rings is 1. The van der Waals surface area contributed by atoms with E-state index in [0.717, 1.165) is 5.56 Å². The van der Waals surface area contributed by atoms with Gasteiger partial charge in [0.2, 0.25) is 21.8 Å². The molecule has 1 aliphatic rings. The Morgan fingerprint density at radius 1 is 1.12 bits per heavy atom. The maximum Gasteiger partial charge on any atom is 0.240 e. The number of nitrogens with zero attached hydrogens (tertiary/aromatic N) is 2. The third kappa shape index (κ3) is 6.67. The van der Waals surface area contributed by atoms with Crippen LogP contribution in [0.3, 0.4) is 0 Å². The Bertz CT molecular complexity index is 1090. The Labute approximate surface area is 199 Å². The second-order valence-electron chi connectivity index (χ2n) is 7.90. The van der Waals surface area contributed by atoms with E-state index in [1.165, 1.54) is 32.4 Å². The van der Waals surface area contributed by atoms with Crippen LogP contribution < -0.4 is 19.5 Å². The van der Waals surface area contributed by atoms with Gasteiger partial charge in [-0.15, -0.1) is 0 Å². The number of sulfonamides is 1. The van der Waals surface area contributed by atoms with Crippen LogP contribution >= 0.6 is 0 Å². The van der Waals surface area contributed by atoms with Gasteiger partial charge >= 0.3 is 0 Å². The number of aromatic nitrogens is 1. The van der Waals surface area contributed by atoms with Crippen molar-refractivity contribution in [2.45, 2.75) is 30.7 Å². The predicted molar refractivity (Wildman–Crippen MR) is 125 cm³/mol. The minimum absolute atomic E-state index is 0.0238. The van der Waals surface area contributed by atoms with Crippen LogP contribution in [0.15, 0.2) is 47.6 Å². The van der Waals surface area contributed by atoms with Crippen LogP contribution in [0.25, 0.3) is 0 Å². The smallest absolute Gasteiger partial charge is 0.240 e. The van der Waals surface area contributed by atoms with Gasteiger partial charge in [-0.05, 0) is 36.6 Å². The lowest BCUT2D eigenvalue weighted by atomic mass is 9.95. The summed E-state index contributed by atoms with van der Waals surface area (Å²) < 4.78 is 37.8. The molecule has 34 heavy (non-hydrogen) atoms. The minimum atomic E-state index is -3.81. The van der Waals surface area contributed by atoms with E-state index in [0.29, 0.717) is 44.0 Å². The second-order valence-corrected chi connectivity index (χ2v) is 9.67. The largest absolute Gasteiger partial charge is 0.493 e. The van der Waals surface area contributed by atoms with Crippen LogP contribution in [0.1, 0.15) is 24.8 Å². The number of hydrogen-bond acceptors (Lipinski definition) is 7. The highest BCUT2D eigenvalue weighted by molar-refractivity contribution is 7.89. The number of amides is 2. The molecule has 0 bridgehead atoms. The van der Waals surface area contributed by atoms with Gasteiger partial charge in [-0.3, -0.25) is 14.6 Å². The van der Waals surface area contributed by atoms with E-state index in [-0.39, 0.29) is 35.6 Å². The number of hydrogen-bond donors (Lipinski definition) is 2. The summed E-state index contributed by atoms with van der Waals surface area (Å²) in [6.07, 6.45) is 4.56. The number of carbonyl (C=O) groups excluding carboxylic acids is 2. The molecule has 11 heteroatoms. The molecule has 1 aliphatic heterocycles. The van der Waals surface area contributed by atoms with Crippen molar-refractivity contribution >= 4 is 21.8 Å². The summed E-state index contributed by atoms with van der Waals surface area (Å²) in [5, 5.41) is 2.92. The number of ether oxygens (including phenoxy) is 2. The molecule has 3 rings (SSSR count). The molecule has 1 fully saturated rings. The highest BCUT2D eigenvalue weighted by Gasteiger charge is 2.27. The van der Waals surface area contributed by atoms with Gasteiger partial charge in [0.15, 0.2) is 11.5 Å². The Balaban J connectivity index is 1.42. The molecular weight excluding hydrogens is 460 g/mol. The molecule has 10 nitrogen and oxygen atoms in total. The first-order valence-electron chi connectivity index (χ1n) is 11.0. The van der Waals surface area contributed by atoms with Gasteiger partial charge < -0.3 is 19.7 Å². The third-order valence-corrected chi connectivity index (χ3v) is 7.16. The van der Waals surface area contributed by atoms with Crippen LogP contribution in [0.4, 0.5) is 0 Å². The molecule has 1 aromatic carbocycles. The first-order chi connectivity index (χ1) is 16.3. The molecule has 0 unspecified atom stereocenters. The fourth-order valence-corrected chi connectivity index (χ4v) is 4.79. The highest BCUT2D eigenvalue weighted by Crippen LogP contribution is 2.29. The van der Waals surface area contributed by atoms with E-state index in [1.54, 1.807) is 17.3 Å². The Morgan fingerprint density at radius 3 is 2.50 bits per heavy atom. The minimum Gasteiger partial charge on any atom is -0.493 e. The molecule has 1 aromatic heterocycles. The van der Waals surface area contributed by atoms with E-state index in [1.807, 2.05) is 12.1 Å². The van der Waals surface area contributed by atoms with Crippen LogP contribution in [0, 0.1) is 5.92 Å². The lowest BCUT2D eigenvalue weighted by Crippen LogP contribution is -2.43. The van der Waals surface area contributed by atoms with Crippen molar-refractivity contribution in [2.24, 2.45) is 5.92 Å². The van der Waals surface area contributed by atoms with Crippen LogP contribution in [-0.2, 0) is 26.2 Å². The van der Waals surface area contributed by atoms with Gasteiger partial charge in [0.05, 0.1) is 19.1 Å². The number of likely N-dealkylation sites (tertiary alicyclic amines) is 1. The van der Waals surface area contributed by atoms with Crippen LogP contribution in [-0.4, -0.2) is 64.0 Å². The Hall–Kier alpha value is -3.18. The van der Waals surface area contributed by atoms with Crippen molar-refractivity contribution in [3.8, 4) is 11.5 Å². The first-order valence-corrected chi connectivity index (χ1v) is 12.5. The molecule has 184 valence electrons. The first kappa shape index (κ1) is 25.4. The number of rotatable bonds is 10. The molecule has 1 saturated heterocycles. The van der Waals surface area contributed by atoms with Gasteiger partial charge in [-0.25, -0.2) is 13.1 Å². The van der Waals surface area contributed by atoms with Gasteiger partial charge in [0, 0.05) is 57.0 Å².